The van der Waals surface area contributed by atoms with Crippen molar-refractivity contribution in [1.29, 1.82) is 0 Å². The number of para-hydroxylation sites is 1. The van der Waals surface area contributed by atoms with Gasteiger partial charge in [-0.25, -0.2) is 8.42 Å². The van der Waals surface area contributed by atoms with Crippen molar-refractivity contribution in [3.63, 3.8) is 0 Å². The molecule has 1 saturated heterocycles. The van der Waals surface area contributed by atoms with Crippen LogP contribution in [0.1, 0.15) is 6.42 Å². The van der Waals surface area contributed by atoms with Gasteiger partial charge in [0.2, 0.25) is 0 Å². The summed E-state index contributed by atoms with van der Waals surface area (Å²) in [6.45, 7) is 6.42. The Hall–Kier alpha value is -1.89. The fourth-order valence-corrected chi connectivity index (χ4v) is 4.59. The molecule has 2 aromatic rings. The van der Waals surface area contributed by atoms with Crippen molar-refractivity contribution in [2.45, 2.75) is 11.3 Å². The molecule has 0 saturated carbocycles. The van der Waals surface area contributed by atoms with Crippen molar-refractivity contribution in [3.05, 3.63) is 60.7 Å². The molecule has 5 nitrogen and oxygen atoms in total. The van der Waals surface area contributed by atoms with E-state index in [1.54, 1.807) is 24.3 Å². The molecule has 0 amide bonds. The first-order valence-electron chi connectivity index (χ1n) is 9.54. The summed E-state index contributed by atoms with van der Waals surface area (Å²) in [5.41, 5.74) is 0. The van der Waals surface area contributed by atoms with Gasteiger partial charge < -0.3 is 9.64 Å². The normalized spacial score (nSPS) is 16.3. The molecule has 0 aliphatic carbocycles. The zero-order chi connectivity index (χ0) is 19.0. The Balaban J connectivity index is 1.31. The summed E-state index contributed by atoms with van der Waals surface area (Å²) in [7, 11) is -3.16. The molecular weight excluding hydrogens is 360 g/mol. The van der Waals surface area contributed by atoms with E-state index in [1.807, 2.05) is 36.4 Å². The highest BCUT2D eigenvalue weighted by Gasteiger charge is 2.18. The predicted octanol–water partition coefficient (Wildman–Crippen LogP) is 2.55. The molecule has 3 rings (SSSR count). The van der Waals surface area contributed by atoms with E-state index in [-0.39, 0.29) is 5.75 Å². The number of sulfone groups is 1. The van der Waals surface area contributed by atoms with E-state index < -0.39 is 9.84 Å². The van der Waals surface area contributed by atoms with Crippen molar-refractivity contribution in [2.24, 2.45) is 0 Å². The lowest BCUT2D eigenvalue weighted by atomic mass is 10.3. The lowest BCUT2D eigenvalue weighted by Gasteiger charge is -2.34. The van der Waals surface area contributed by atoms with Crippen LogP contribution in [0.5, 0.6) is 5.75 Å². The van der Waals surface area contributed by atoms with Gasteiger partial charge >= 0.3 is 0 Å². The van der Waals surface area contributed by atoms with Crippen LogP contribution >= 0.6 is 0 Å². The molecule has 0 N–H and O–H groups in total. The molecule has 1 aliphatic rings. The highest BCUT2D eigenvalue weighted by Crippen LogP contribution is 2.12. The molecule has 1 fully saturated rings. The number of benzene rings is 2. The largest absolute Gasteiger partial charge is 0.492 e. The third-order valence-electron chi connectivity index (χ3n) is 4.87. The quantitative estimate of drug-likeness (QED) is 0.661. The number of hydrogen-bond acceptors (Lipinski definition) is 5. The number of hydrogen-bond donors (Lipinski definition) is 0. The molecule has 146 valence electrons. The molecule has 0 unspecified atom stereocenters. The van der Waals surface area contributed by atoms with Crippen molar-refractivity contribution in [1.82, 2.24) is 9.80 Å². The number of rotatable bonds is 9. The first-order valence-corrected chi connectivity index (χ1v) is 11.2. The van der Waals surface area contributed by atoms with E-state index in [9.17, 15) is 8.42 Å². The lowest BCUT2D eigenvalue weighted by Crippen LogP contribution is -2.47. The van der Waals surface area contributed by atoms with Gasteiger partial charge in [0.1, 0.15) is 12.4 Å². The molecule has 6 heteroatoms. The molecule has 0 spiro atoms. The van der Waals surface area contributed by atoms with E-state index in [4.69, 9.17) is 4.74 Å². The third-order valence-corrected chi connectivity index (χ3v) is 6.69. The SMILES string of the molecule is O=S(=O)(CCCN1CCN(CCOc2ccccc2)CC1)c1ccccc1. The summed E-state index contributed by atoms with van der Waals surface area (Å²) in [5, 5.41) is 0. The average molecular weight is 389 g/mol. The van der Waals surface area contributed by atoms with Gasteiger partial charge in [-0.15, -0.1) is 0 Å². The van der Waals surface area contributed by atoms with Crippen LogP contribution < -0.4 is 4.74 Å². The first-order chi connectivity index (χ1) is 13.1. The number of ether oxygens (including phenoxy) is 1. The van der Waals surface area contributed by atoms with Crippen LogP contribution in [0.4, 0.5) is 0 Å². The van der Waals surface area contributed by atoms with E-state index >= 15 is 0 Å². The summed E-state index contributed by atoms with van der Waals surface area (Å²) < 4.78 is 30.4. The Kier molecular flexibility index (Phi) is 7.26. The van der Waals surface area contributed by atoms with E-state index in [2.05, 4.69) is 9.80 Å². The van der Waals surface area contributed by atoms with Gasteiger partial charge in [-0.2, -0.15) is 0 Å². The lowest BCUT2D eigenvalue weighted by molar-refractivity contribution is 0.117. The van der Waals surface area contributed by atoms with E-state index in [0.29, 0.717) is 17.9 Å². The molecule has 0 radical (unpaired) electrons. The number of piperazine rings is 1. The van der Waals surface area contributed by atoms with Crippen LogP contribution in [0, 0.1) is 0 Å². The van der Waals surface area contributed by atoms with E-state index in [1.165, 1.54) is 0 Å². The molecule has 2 aromatic carbocycles. The van der Waals surface area contributed by atoms with Gasteiger partial charge in [0.25, 0.3) is 0 Å². The summed E-state index contributed by atoms with van der Waals surface area (Å²) in [5.74, 6) is 1.12. The van der Waals surface area contributed by atoms with Crippen LogP contribution in [0.25, 0.3) is 0 Å². The summed E-state index contributed by atoms with van der Waals surface area (Å²) >= 11 is 0. The topological polar surface area (TPSA) is 49.9 Å². The van der Waals surface area contributed by atoms with Crippen LogP contribution in [0.2, 0.25) is 0 Å². The molecule has 1 heterocycles. The second-order valence-electron chi connectivity index (χ2n) is 6.83. The van der Waals surface area contributed by atoms with Crippen molar-refractivity contribution in [2.75, 3.05) is 51.6 Å². The molecule has 0 atom stereocenters. The molecule has 0 bridgehead atoms. The molecular formula is C21H28N2O3S. The zero-order valence-corrected chi connectivity index (χ0v) is 16.5. The Bertz CT molecular complexity index is 774. The van der Waals surface area contributed by atoms with Crippen molar-refractivity contribution in [3.8, 4) is 5.75 Å². The van der Waals surface area contributed by atoms with Crippen LogP contribution in [-0.2, 0) is 9.84 Å². The predicted molar refractivity (Wildman–Crippen MR) is 108 cm³/mol. The summed E-state index contributed by atoms with van der Waals surface area (Å²) in [6, 6.07) is 18.6. The minimum Gasteiger partial charge on any atom is -0.492 e. The molecule has 27 heavy (non-hydrogen) atoms. The van der Waals surface area contributed by atoms with Gasteiger partial charge in [0.05, 0.1) is 10.6 Å². The van der Waals surface area contributed by atoms with Crippen molar-refractivity contribution >= 4 is 9.84 Å². The maximum atomic E-state index is 12.3. The maximum Gasteiger partial charge on any atom is 0.178 e. The second kappa shape index (κ2) is 9.88. The Morgan fingerprint density at radius 2 is 1.33 bits per heavy atom. The Morgan fingerprint density at radius 1 is 0.778 bits per heavy atom. The fraction of sp³-hybridized carbons (Fsp3) is 0.429. The second-order valence-corrected chi connectivity index (χ2v) is 8.94. The maximum absolute atomic E-state index is 12.3. The Labute approximate surface area is 162 Å². The van der Waals surface area contributed by atoms with Gasteiger partial charge in [-0.05, 0) is 37.2 Å². The van der Waals surface area contributed by atoms with Crippen LogP contribution in [-0.4, -0.2) is 69.8 Å². The van der Waals surface area contributed by atoms with Crippen LogP contribution in [0.3, 0.4) is 0 Å². The Morgan fingerprint density at radius 3 is 1.96 bits per heavy atom. The van der Waals surface area contributed by atoms with Crippen LogP contribution in [0.15, 0.2) is 65.6 Å². The van der Waals surface area contributed by atoms with Gasteiger partial charge in [0, 0.05) is 32.7 Å². The fourth-order valence-electron chi connectivity index (χ4n) is 3.27. The zero-order valence-electron chi connectivity index (χ0n) is 15.7. The molecule has 0 aromatic heterocycles. The number of nitrogens with zero attached hydrogens (tertiary/aromatic N) is 2. The monoisotopic (exact) mass is 388 g/mol. The average Bonchev–Trinajstić information content (AvgIpc) is 2.71. The van der Waals surface area contributed by atoms with Crippen molar-refractivity contribution < 1.29 is 13.2 Å². The first kappa shape index (κ1) is 19.9. The highest BCUT2D eigenvalue weighted by molar-refractivity contribution is 7.91. The third kappa shape index (κ3) is 6.34. The minimum absolute atomic E-state index is 0.210. The smallest absolute Gasteiger partial charge is 0.178 e. The van der Waals surface area contributed by atoms with Gasteiger partial charge in [-0.1, -0.05) is 36.4 Å². The summed E-state index contributed by atoms with van der Waals surface area (Å²) in [4.78, 5) is 5.18. The summed E-state index contributed by atoms with van der Waals surface area (Å²) in [6.07, 6.45) is 0.675. The highest BCUT2D eigenvalue weighted by atomic mass is 32.2. The molecule has 1 aliphatic heterocycles. The minimum atomic E-state index is -3.16. The van der Waals surface area contributed by atoms with E-state index in [0.717, 1.165) is 45.0 Å². The van der Waals surface area contributed by atoms with Gasteiger partial charge in [-0.3, -0.25) is 4.90 Å². The van der Waals surface area contributed by atoms with Gasteiger partial charge in [0.15, 0.2) is 9.84 Å². The standard InChI is InChI=1S/C21H28N2O3S/c24-27(25,21-10-5-2-6-11-21)19-7-12-22-13-15-23(16-14-22)17-18-26-20-8-3-1-4-9-20/h1-6,8-11H,7,12-19H2.